The molecule has 1 atom stereocenters. The number of esters is 1. The van der Waals surface area contributed by atoms with Gasteiger partial charge in [0.2, 0.25) is 0 Å². The first-order chi connectivity index (χ1) is 17.2. The molecule has 0 N–H and O–H groups in total. The summed E-state index contributed by atoms with van der Waals surface area (Å²) in [5, 5.41) is 0.346. The highest BCUT2D eigenvalue weighted by molar-refractivity contribution is 5.86. The minimum atomic E-state index is -0.736. The lowest BCUT2D eigenvalue weighted by Crippen LogP contribution is -2.44. The molecular formula is C27H27NO8. The van der Waals surface area contributed by atoms with Crippen LogP contribution in [0.5, 0.6) is 17.2 Å². The third-order valence-corrected chi connectivity index (χ3v) is 5.97. The zero-order valence-electron chi connectivity index (χ0n) is 20.4. The van der Waals surface area contributed by atoms with Crippen LogP contribution in [0, 0.1) is 0 Å². The summed E-state index contributed by atoms with van der Waals surface area (Å²) in [7, 11) is 0. The molecule has 5 rings (SSSR count). The fourth-order valence-electron chi connectivity index (χ4n) is 4.32. The van der Waals surface area contributed by atoms with Crippen LogP contribution in [0.3, 0.4) is 0 Å². The van der Waals surface area contributed by atoms with Crippen LogP contribution in [0.25, 0.3) is 22.1 Å². The Kier molecular flexibility index (Phi) is 6.07. The van der Waals surface area contributed by atoms with Gasteiger partial charge in [-0.2, -0.15) is 0 Å². The van der Waals surface area contributed by atoms with E-state index < -0.39 is 23.7 Å². The van der Waals surface area contributed by atoms with Crippen molar-refractivity contribution < 1.29 is 33.0 Å². The van der Waals surface area contributed by atoms with Gasteiger partial charge in [-0.05, 0) is 63.4 Å². The highest BCUT2D eigenvalue weighted by Crippen LogP contribution is 2.34. The molecule has 1 amide bonds. The maximum Gasteiger partial charge on any atom is 0.411 e. The standard InChI is InChI=1S/C27H27NO8/c1-27(2,3)36-26(31)28-10-4-5-20(28)25(30)35-17-7-8-18-22(14-17)34-15-19(24(18)29)16-6-9-21-23(13-16)33-12-11-32-21/h6-9,13-15,20H,4-5,10-12H2,1-3H3/t20-/m0/s1. The van der Waals surface area contributed by atoms with E-state index in [1.54, 1.807) is 45.0 Å². The quantitative estimate of drug-likeness (QED) is 0.387. The normalized spacial score (nSPS) is 17.2. The van der Waals surface area contributed by atoms with Gasteiger partial charge in [-0.1, -0.05) is 6.07 Å². The second-order valence-electron chi connectivity index (χ2n) is 9.75. The van der Waals surface area contributed by atoms with Crippen LogP contribution in [-0.4, -0.2) is 48.4 Å². The lowest BCUT2D eigenvalue weighted by molar-refractivity contribution is -0.139. The minimum Gasteiger partial charge on any atom is -0.486 e. The molecule has 9 heteroatoms. The summed E-state index contributed by atoms with van der Waals surface area (Å²) in [6, 6.07) is 9.15. The second kappa shape index (κ2) is 9.22. The molecule has 0 aliphatic carbocycles. The number of hydrogen-bond donors (Lipinski definition) is 0. The van der Waals surface area contributed by atoms with Gasteiger partial charge < -0.3 is 23.4 Å². The minimum absolute atomic E-state index is 0.221. The Labute approximate surface area is 207 Å². The molecule has 3 heterocycles. The molecule has 1 saturated heterocycles. The van der Waals surface area contributed by atoms with Crippen molar-refractivity contribution in [1.82, 2.24) is 4.90 Å². The Hall–Kier alpha value is -4.01. The number of fused-ring (bicyclic) bond motifs is 2. The summed E-state index contributed by atoms with van der Waals surface area (Å²) in [5.41, 5.74) is 0.416. The van der Waals surface area contributed by atoms with Crippen molar-refractivity contribution in [3.8, 4) is 28.4 Å². The third kappa shape index (κ3) is 4.73. The van der Waals surface area contributed by atoms with E-state index in [0.29, 0.717) is 60.6 Å². The van der Waals surface area contributed by atoms with E-state index in [2.05, 4.69) is 0 Å². The lowest BCUT2D eigenvalue weighted by Gasteiger charge is -2.27. The van der Waals surface area contributed by atoms with E-state index in [1.807, 2.05) is 0 Å². The summed E-state index contributed by atoms with van der Waals surface area (Å²) >= 11 is 0. The predicted molar refractivity (Wildman–Crippen MR) is 131 cm³/mol. The number of carbonyl (C=O) groups excluding carboxylic acids is 2. The number of amides is 1. The van der Waals surface area contributed by atoms with Crippen molar-refractivity contribution in [2.75, 3.05) is 19.8 Å². The van der Waals surface area contributed by atoms with Crippen molar-refractivity contribution in [1.29, 1.82) is 0 Å². The molecule has 3 aromatic rings. The van der Waals surface area contributed by atoms with Gasteiger partial charge in [0.05, 0.1) is 10.9 Å². The largest absolute Gasteiger partial charge is 0.486 e. The molecule has 2 aliphatic heterocycles. The first-order valence-corrected chi connectivity index (χ1v) is 11.9. The SMILES string of the molecule is CC(C)(C)OC(=O)N1CCC[C@H]1C(=O)Oc1ccc2c(=O)c(-c3ccc4c(c3)OCCO4)coc2c1. The zero-order chi connectivity index (χ0) is 25.4. The van der Waals surface area contributed by atoms with E-state index in [9.17, 15) is 14.4 Å². The number of nitrogens with zero attached hydrogens (tertiary/aromatic N) is 1. The molecule has 1 fully saturated rings. The number of carbonyl (C=O) groups is 2. The summed E-state index contributed by atoms with van der Waals surface area (Å²) in [5.74, 6) is 0.869. The first-order valence-electron chi connectivity index (χ1n) is 11.9. The van der Waals surface area contributed by atoms with E-state index in [4.69, 9.17) is 23.4 Å². The van der Waals surface area contributed by atoms with E-state index >= 15 is 0 Å². The van der Waals surface area contributed by atoms with Crippen LogP contribution in [0.4, 0.5) is 4.79 Å². The number of hydrogen-bond acceptors (Lipinski definition) is 8. The molecule has 2 aromatic carbocycles. The summed E-state index contributed by atoms with van der Waals surface area (Å²) < 4.78 is 27.9. The molecule has 2 aliphatic rings. The van der Waals surface area contributed by atoms with Gasteiger partial charge in [0.1, 0.15) is 42.5 Å². The van der Waals surface area contributed by atoms with E-state index in [-0.39, 0.29) is 16.8 Å². The fraction of sp³-hybridized carbons (Fsp3) is 0.370. The molecule has 0 unspecified atom stereocenters. The van der Waals surface area contributed by atoms with Gasteiger partial charge in [0.25, 0.3) is 0 Å². The first kappa shape index (κ1) is 23.7. The molecule has 188 valence electrons. The smallest absolute Gasteiger partial charge is 0.411 e. The highest BCUT2D eigenvalue weighted by Gasteiger charge is 2.38. The summed E-state index contributed by atoms with van der Waals surface area (Å²) in [6.07, 6.45) is 2.00. The van der Waals surface area contributed by atoms with Gasteiger partial charge in [0.15, 0.2) is 16.9 Å². The van der Waals surface area contributed by atoms with Crippen LogP contribution in [0.1, 0.15) is 33.6 Å². The Morgan fingerprint density at radius 1 is 1.03 bits per heavy atom. The molecule has 0 radical (unpaired) electrons. The average molecular weight is 494 g/mol. The van der Waals surface area contributed by atoms with Crippen LogP contribution in [0.15, 0.2) is 51.9 Å². The summed E-state index contributed by atoms with van der Waals surface area (Å²) in [4.78, 5) is 39.9. The van der Waals surface area contributed by atoms with Crippen molar-refractivity contribution in [2.24, 2.45) is 0 Å². The van der Waals surface area contributed by atoms with Crippen molar-refractivity contribution >= 4 is 23.0 Å². The zero-order valence-corrected chi connectivity index (χ0v) is 20.4. The van der Waals surface area contributed by atoms with Crippen molar-refractivity contribution in [2.45, 2.75) is 45.3 Å². The Balaban J connectivity index is 1.35. The maximum absolute atomic E-state index is 13.2. The average Bonchev–Trinajstić information content (AvgIpc) is 3.34. The molecular weight excluding hydrogens is 466 g/mol. The topological polar surface area (TPSA) is 105 Å². The molecule has 9 nitrogen and oxygen atoms in total. The lowest BCUT2D eigenvalue weighted by atomic mass is 10.0. The maximum atomic E-state index is 13.2. The molecule has 1 aromatic heterocycles. The van der Waals surface area contributed by atoms with Crippen molar-refractivity contribution in [3.05, 3.63) is 52.9 Å². The summed E-state index contributed by atoms with van der Waals surface area (Å²) in [6.45, 7) is 6.67. The molecule has 0 saturated carbocycles. The highest BCUT2D eigenvalue weighted by atomic mass is 16.6. The second-order valence-corrected chi connectivity index (χ2v) is 9.75. The van der Waals surface area contributed by atoms with Gasteiger partial charge >= 0.3 is 12.1 Å². The number of benzene rings is 2. The van der Waals surface area contributed by atoms with Crippen LogP contribution in [0.2, 0.25) is 0 Å². The Morgan fingerprint density at radius 3 is 2.58 bits per heavy atom. The van der Waals surface area contributed by atoms with Crippen LogP contribution < -0.4 is 19.6 Å². The number of ether oxygens (including phenoxy) is 4. The van der Waals surface area contributed by atoms with Gasteiger partial charge in [-0.3, -0.25) is 9.69 Å². The molecule has 36 heavy (non-hydrogen) atoms. The number of rotatable bonds is 3. The van der Waals surface area contributed by atoms with Gasteiger partial charge in [-0.15, -0.1) is 0 Å². The molecule has 0 bridgehead atoms. The molecule has 0 spiro atoms. The monoisotopic (exact) mass is 493 g/mol. The van der Waals surface area contributed by atoms with Crippen molar-refractivity contribution in [3.63, 3.8) is 0 Å². The Bertz CT molecular complexity index is 1390. The Morgan fingerprint density at radius 2 is 1.81 bits per heavy atom. The van der Waals surface area contributed by atoms with Gasteiger partial charge in [-0.25, -0.2) is 9.59 Å². The van der Waals surface area contributed by atoms with E-state index in [1.165, 1.54) is 23.3 Å². The van der Waals surface area contributed by atoms with E-state index in [0.717, 1.165) is 0 Å². The van der Waals surface area contributed by atoms with Gasteiger partial charge in [0, 0.05) is 12.6 Å². The van der Waals surface area contributed by atoms with Crippen LogP contribution in [-0.2, 0) is 9.53 Å². The predicted octanol–water partition coefficient (Wildman–Crippen LogP) is 4.54. The van der Waals surface area contributed by atoms with Crippen LogP contribution >= 0.6 is 0 Å². The number of likely N-dealkylation sites (tertiary alicyclic amines) is 1. The third-order valence-electron chi connectivity index (χ3n) is 5.97. The fourth-order valence-corrected chi connectivity index (χ4v) is 4.32.